The molecule has 3 heteroatoms. The summed E-state index contributed by atoms with van der Waals surface area (Å²) in [4.78, 5) is 25.2. The molecule has 98 valence electrons. The van der Waals surface area contributed by atoms with Crippen LogP contribution in [-0.2, 0) is 9.59 Å². The minimum Gasteiger partial charge on any atom is -0.504 e. The molecule has 2 fully saturated rings. The minimum absolute atomic E-state index is 0.0434. The maximum atomic E-state index is 12.7. The van der Waals surface area contributed by atoms with Crippen molar-refractivity contribution in [2.45, 2.75) is 40.5 Å². The zero-order valence-electron chi connectivity index (χ0n) is 11.4. The van der Waals surface area contributed by atoms with Crippen molar-refractivity contribution in [1.82, 2.24) is 0 Å². The lowest BCUT2D eigenvalue weighted by Gasteiger charge is -2.38. The number of Topliss-reactive ketones (excluding diaryl/α,β-unsaturated/α-hetero) is 2. The van der Waals surface area contributed by atoms with Crippen LogP contribution in [0.2, 0.25) is 0 Å². The molecular weight excluding hydrogens is 228 g/mol. The summed E-state index contributed by atoms with van der Waals surface area (Å²) < 4.78 is 0. The van der Waals surface area contributed by atoms with Crippen LogP contribution < -0.4 is 0 Å². The molecule has 1 N–H and O–H groups in total. The highest BCUT2D eigenvalue weighted by Crippen LogP contribution is 2.66. The molecule has 0 spiro atoms. The number of allylic oxidation sites excluding steroid dienone is 2. The Kier molecular flexibility index (Phi) is 2.03. The molecule has 0 aliphatic heterocycles. The van der Waals surface area contributed by atoms with E-state index in [-0.39, 0.29) is 40.5 Å². The van der Waals surface area contributed by atoms with Crippen LogP contribution in [0.5, 0.6) is 0 Å². The molecule has 0 saturated heterocycles. The van der Waals surface area contributed by atoms with Crippen LogP contribution in [0.15, 0.2) is 11.3 Å². The van der Waals surface area contributed by atoms with Crippen LogP contribution in [0.25, 0.3) is 0 Å². The van der Waals surface area contributed by atoms with Crippen molar-refractivity contribution in [3.8, 4) is 0 Å². The molecule has 0 aromatic rings. The van der Waals surface area contributed by atoms with Gasteiger partial charge in [0.1, 0.15) is 0 Å². The van der Waals surface area contributed by atoms with Crippen LogP contribution >= 0.6 is 0 Å². The van der Waals surface area contributed by atoms with E-state index < -0.39 is 5.41 Å². The quantitative estimate of drug-likeness (QED) is 0.670. The van der Waals surface area contributed by atoms with Gasteiger partial charge in [0.05, 0.1) is 5.41 Å². The first-order chi connectivity index (χ1) is 8.24. The van der Waals surface area contributed by atoms with E-state index in [0.29, 0.717) is 0 Å². The number of rotatable bonds is 0. The lowest BCUT2D eigenvalue weighted by atomic mass is 9.62. The summed E-state index contributed by atoms with van der Waals surface area (Å²) in [6, 6.07) is 0. The van der Waals surface area contributed by atoms with Crippen molar-refractivity contribution in [3.63, 3.8) is 0 Å². The summed E-state index contributed by atoms with van der Waals surface area (Å²) in [6.45, 7) is 7.77. The van der Waals surface area contributed by atoms with Crippen molar-refractivity contribution < 1.29 is 14.7 Å². The van der Waals surface area contributed by atoms with E-state index in [9.17, 15) is 14.7 Å². The third-order valence-corrected chi connectivity index (χ3v) is 6.11. The van der Waals surface area contributed by atoms with E-state index in [1.165, 1.54) is 0 Å². The fourth-order valence-electron chi connectivity index (χ4n) is 4.53. The molecule has 0 aromatic carbocycles. The van der Waals surface area contributed by atoms with E-state index >= 15 is 0 Å². The zero-order chi connectivity index (χ0) is 13.5. The van der Waals surface area contributed by atoms with Crippen molar-refractivity contribution >= 4 is 11.6 Å². The Morgan fingerprint density at radius 3 is 2.39 bits per heavy atom. The predicted octanol–water partition coefficient (Wildman–Crippen LogP) is 2.66. The smallest absolute Gasteiger partial charge is 0.210 e. The summed E-state index contributed by atoms with van der Waals surface area (Å²) >= 11 is 0. The molecule has 18 heavy (non-hydrogen) atoms. The Hall–Kier alpha value is -1.12. The topological polar surface area (TPSA) is 54.4 Å². The van der Waals surface area contributed by atoms with Gasteiger partial charge in [0.15, 0.2) is 11.5 Å². The highest BCUT2D eigenvalue weighted by molar-refractivity contribution is 6.19. The summed E-state index contributed by atoms with van der Waals surface area (Å²) in [5.41, 5.74) is -0.661. The molecule has 3 nitrogen and oxygen atoms in total. The van der Waals surface area contributed by atoms with E-state index in [1.54, 1.807) is 6.92 Å². The fourth-order valence-corrected chi connectivity index (χ4v) is 4.53. The molecule has 0 radical (unpaired) electrons. The number of aliphatic hydroxyl groups excluding tert-OH is 1. The zero-order valence-corrected chi connectivity index (χ0v) is 11.4. The van der Waals surface area contributed by atoms with Gasteiger partial charge in [-0.1, -0.05) is 20.8 Å². The highest BCUT2D eigenvalue weighted by Gasteiger charge is 2.70. The molecule has 2 saturated carbocycles. The second-order valence-electron chi connectivity index (χ2n) is 6.91. The second kappa shape index (κ2) is 3.06. The highest BCUT2D eigenvalue weighted by atomic mass is 16.3. The third kappa shape index (κ3) is 0.952. The number of hydrogen-bond donors (Lipinski definition) is 1. The SMILES string of the molecule is C[C@@H]1CC[C@@H]2[C@H]3C(=O)[C@](C)(C(=O)C(O)=C31)C2(C)C. The second-order valence-corrected chi connectivity index (χ2v) is 6.91. The van der Waals surface area contributed by atoms with Gasteiger partial charge in [-0.2, -0.15) is 0 Å². The average Bonchev–Trinajstić information content (AvgIpc) is 2.44. The molecule has 3 aliphatic rings. The lowest BCUT2D eigenvalue weighted by molar-refractivity contribution is -0.144. The number of carbonyl (C=O) groups is 2. The predicted molar refractivity (Wildman–Crippen MR) is 66.9 cm³/mol. The average molecular weight is 248 g/mol. The van der Waals surface area contributed by atoms with Crippen LogP contribution in [0, 0.1) is 28.6 Å². The Labute approximate surface area is 107 Å². The third-order valence-electron chi connectivity index (χ3n) is 6.11. The molecule has 3 aliphatic carbocycles. The number of fused-ring (bicyclic) bond motifs is 1. The van der Waals surface area contributed by atoms with Crippen molar-refractivity contribution in [2.75, 3.05) is 0 Å². The molecule has 0 heterocycles. The number of aliphatic hydroxyl groups is 1. The van der Waals surface area contributed by atoms with Crippen molar-refractivity contribution in [1.29, 1.82) is 0 Å². The molecule has 3 rings (SSSR count). The van der Waals surface area contributed by atoms with Crippen LogP contribution in [0.4, 0.5) is 0 Å². The summed E-state index contributed by atoms with van der Waals surface area (Å²) in [6.07, 6.45) is 1.94. The van der Waals surface area contributed by atoms with Gasteiger partial charge in [0.25, 0.3) is 0 Å². The maximum Gasteiger partial charge on any atom is 0.210 e. The fraction of sp³-hybridized carbons (Fsp3) is 0.733. The van der Waals surface area contributed by atoms with Gasteiger partial charge in [-0.15, -0.1) is 0 Å². The number of ketones is 2. The summed E-state index contributed by atoms with van der Waals surface area (Å²) in [5.74, 6) is -0.273. The van der Waals surface area contributed by atoms with Gasteiger partial charge in [0, 0.05) is 5.92 Å². The van der Waals surface area contributed by atoms with Crippen molar-refractivity contribution in [3.05, 3.63) is 11.3 Å². The van der Waals surface area contributed by atoms with E-state index in [1.807, 2.05) is 20.8 Å². The van der Waals surface area contributed by atoms with Gasteiger partial charge >= 0.3 is 0 Å². The van der Waals surface area contributed by atoms with Crippen LogP contribution in [0.1, 0.15) is 40.5 Å². The maximum absolute atomic E-state index is 12.7. The first kappa shape index (κ1) is 11.9. The van der Waals surface area contributed by atoms with Crippen LogP contribution in [-0.4, -0.2) is 16.7 Å². The van der Waals surface area contributed by atoms with E-state index in [0.717, 1.165) is 18.4 Å². The first-order valence-corrected chi connectivity index (χ1v) is 6.76. The Balaban J connectivity index is 2.32. The van der Waals surface area contributed by atoms with Gasteiger partial charge in [-0.05, 0) is 42.6 Å². The van der Waals surface area contributed by atoms with E-state index in [4.69, 9.17) is 0 Å². The Morgan fingerprint density at radius 2 is 1.78 bits per heavy atom. The van der Waals surface area contributed by atoms with Crippen molar-refractivity contribution in [2.24, 2.45) is 28.6 Å². The Morgan fingerprint density at radius 1 is 1.17 bits per heavy atom. The molecular formula is C15H20O3. The van der Waals surface area contributed by atoms with Gasteiger partial charge < -0.3 is 5.11 Å². The van der Waals surface area contributed by atoms with Gasteiger partial charge in [-0.3, -0.25) is 9.59 Å². The standard InChI is InChI=1S/C15H20O3/c1-7-5-6-8-10-9(7)11(16)13(18)15(4,12(10)17)14(8,2)3/h7-8,10,16H,5-6H2,1-4H3/t7-,8-,10-,15-/m1/s1. The first-order valence-electron chi connectivity index (χ1n) is 6.76. The minimum atomic E-state index is -1.03. The van der Waals surface area contributed by atoms with Crippen LogP contribution in [0.3, 0.4) is 0 Å². The molecule has 0 amide bonds. The molecule has 0 aromatic heterocycles. The normalized spacial score (nSPS) is 45.7. The molecule has 0 unspecified atom stereocenters. The lowest BCUT2D eigenvalue weighted by Crippen LogP contribution is -2.47. The number of hydrogen-bond acceptors (Lipinski definition) is 3. The number of carbonyl (C=O) groups excluding carboxylic acids is 2. The summed E-state index contributed by atoms with van der Waals surface area (Å²) in [7, 11) is 0. The summed E-state index contributed by atoms with van der Waals surface area (Å²) in [5, 5.41) is 10.2. The monoisotopic (exact) mass is 248 g/mol. The van der Waals surface area contributed by atoms with Gasteiger partial charge in [-0.25, -0.2) is 0 Å². The van der Waals surface area contributed by atoms with Gasteiger partial charge in [0.2, 0.25) is 5.78 Å². The molecule has 4 atom stereocenters. The van der Waals surface area contributed by atoms with E-state index in [2.05, 4.69) is 0 Å². The molecule has 2 bridgehead atoms. The largest absolute Gasteiger partial charge is 0.504 e. The Bertz CT molecular complexity index is 500.